The van der Waals surface area contributed by atoms with Gasteiger partial charge >= 0.3 is 5.91 Å². The van der Waals surface area contributed by atoms with Crippen LogP contribution in [0.5, 0.6) is 0 Å². The fraction of sp³-hybridized carbons (Fsp3) is 0. The zero-order valence-electron chi connectivity index (χ0n) is 8.81. The molecule has 17 heavy (non-hydrogen) atoms. The highest BCUT2D eigenvalue weighted by molar-refractivity contribution is 6.31. The van der Waals surface area contributed by atoms with E-state index >= 15 is 0 Å². The number of carbonyl (C=O) groups is 1. The quantitative estimate of drug-likeness (QED) is 0.698. The molecule has 1 heterocycles. The van der Waals surface area contributed by atoms with Crippen LogP contribution in [0.4, 0.5) is 0 Å². The molecule has 3 nitrogen and oxygen atoms in total. The number of nitrogens with one attached hydrogen (secondary N) is 1. The van der Waals surface area contributed by atoms with E-state index in [0.29, 0.717) is 10.6 Å². The molecule has 0 radical (unpaired) electrons. The lowest BCUT2D eigenvalue weighted by molar-refractivity contribution is -0.641. The average Bonchev–Trinajstić information content (AvgIpc) is 2.30. The van der Waals surface area contributed by atoms with Crippen LogP contribution in [0.2, 0.25) is 5.02 Å². The first-order chi connectivity index (χ1) is 7.75. The molecule has 1 aromatic heterocycles. The van der Waals surface area contributed by atoms with Crippen molar-refractivity contribution in [1.29, 1.82) is 0 Å². The van der Waals surface area contributed by atoms with Gasteiger partial charge in [0.05, 0.1) is 0 Å². The van der Waals surface area contributed by atoms with Gasteiger partial charge in [-0.15, -0.1) is 5.43 Å². The average molecular weight is 269 g/mol. The number of rotatable bonds is 2. The first-order valence-electron chi connectivity index (χ1n) is 4.79. The van der Waals surface area contributed by atoms with Crippen LogP contribution in [0.3, 0.4) is 0 Å². The Balaban J connectivity index is 0.00000144. The summed E-state index contributed by atoms with van der Waals surface area (Å²) in [4.78, 5) is 11.8. The van der Waals surface area contributed by atoms with E-state index in [9.17, 15) is 4.79 Å². The summed E-state index contributed by atoms with van der Waals surface area (Å²) in [6.45, 7) is 0. The molecule has 0 saturated carbocycles. The van der Waals surface area contributed by atoms with Gasteiger partial charge in [0.2, 0.25) is 0 Å². The van der Waals surface area contributed by atoms with Gasteiger partial charge in [-0.05, 0) is 18.2 Å². The van der Waals surface area contributed by atoms with Gasteiger partial charge in [-0.2, -0.15) is 0 Å². The Hall–Kier alpha value is -1.58. The van der Waals surface area contributed by atoms with Gasteiger partial charge < -0.3 is 12.4 Å². The van der Waals surface area contributed by atoms with E-state index in [2.05, 4.69) is 5.43 Å². The van der Waals surface area contributed by atoms with Gasteiger partial charge in [-0.1, -0.05) is 28.4 Å². The minimum absolute atomic E-state index is 0. The number of benzene rings is 1. The first-order valence-corrected chi connectivity index (χ1v) is 5.17. The molecule has 5 heteroatoms. The Bertz CT molecular complexity index is 503. The summed E-state index contributed by atoms with van der Waals surface area (Å²) in [6.07, 6.45) is 3.50. The number of nitrogens with zero attached hydrogens (tertiary/aromatic N) is 1. The van der Waals surface area contributed by atoms with Gasteiger partial charge in [0, 0.05) is 22.7 Å². The molecule has 0 spiro atoms. The third kappa shape index (κ3) is 3.73. The molecule has 1 amide bonds. The van der Waals surface area contributed by atoms with Crippen LogP contribution >= 0.6 is 11.6 Å². The number of carbonyl (C=O) groups excluding carboxylic acids is 1. The summed E-state index contributed by atoms with van der Waals surface area (Å²) >= 11 is 5.81. The molecule has 0 fully saturated rings. The zero-order valence-corrected chi connectivity index (χ0v) is 10.3. The summed E-state index contributed by atoms with van der Waals surface area (Å²) in [5.74, 6) is -0.196. The number of hydrogen-bond donors (Lipinski definition) is 1. The molecule has 0 saturated heterocycles. The summed E-state index contributed by atoms with van der Waals surface area (Å²) < 4.78 is 1.59. The van der Waals surface area contributed by atoms with E-state index < -0.39 is 0 Å². The standard InChI is InChI=1S/C12H9ClN2O.ClH/c13-11-6-4-5-10(9-11)12(16)14-15-7-2-1-3-8-15;/h1-9H;1H. The number of halogens is 2. The number of pyridine rings is 1. The molecule has 88 valence electrons. The molecular weight excluding hydrogens is 259 g/mol. The predicted molar refractivity (Wildman–Crippen MR) is 61.8 cm³/mol. The fourth-order valence-electron chi connectivity index (χ4n) is 1.28. The number of aromatic nitrogens is 1. The highest BCUT2D eigenvalue weighted by Crippen LogP contribution is 2.10. The number of hydrogen-bond acceptors (Lipinski definition) is 1. The zero-order chi connectivity index (χ0) is 11.4. The molecule has 0 bridgehead atoms. The van der Waals surface area contributed by atoms with Crippen molar-refractivity contribution in [2.75, 3.05) is 5.43 Å². The molecule has 0 unspecified atom stereocenters. The van der Waals surface area contributed by atoms with E-state index in [0.717, 1.165) is 0 Å². The normalized spacial score (nSPS) is 9.24. The van der Waals surface area contributed by atoms with E-state index in [1.165, 1.54) is 0 Å². The Morgan fingerprint density at radius 3 is 2.47 bits per heavy atom. The van der Waals surface area contributed by atoms with Crippen LogP contribution in [0.15, 0.2) is 54.9 Å². The van der Waals surface area contributed by atoms with E-state index in [1.807, 2.05) is 18.2 Å². The van der Waals surface area contributed by atoms with Crippen LogP contribution < -0.4 is 22.5 Å². The van der Waals surface area contributed by atoms with Crippen molar-refractivity contribution in [3.05, 3.63) is 65.4 Å². The summed E-state index contributed by atoms with van der Waals surface area (Å²) in [6, 6.07) is 12.4. The molecule has 2 rings (SSSR count). The molecule has 1 aromatic carbocycles. The van der Waals surface area contributed by atoms with Gasteiger partial charge in [-0.3, -0.25) is 4.79 Å². The van der Waals surface area contributed by atoms with Gasteiger partial charge in [0.15, 0.2) is 12.4 Å². The molecular formula is C12H10Cl2N2O. The van der Waals surface area contributed by atoms with Gasteiger partial charge in [0.1, 0.15) is 0 Å². The van der Waals surface area contributed by atoms with Crippen LogP contribution in [-0.2, 0) is 0 Å². The van der Waals surface area contributed by atoms with Crippen molar-refractivity contribution < 1.29 is 21.9 Å². The second kappa shape index (κ2) is 6.23. The Morgan fingerprint density at radius 1 is 1.12 bits per heavy atom. The Labute approximate surface area is 110 Å². The van der Waals surface area contributed by atoms with Crippen LogP contribution in [-0.4, -0.2) is 5.91 Å². The summed E-state index contributed by atoms with van der Waals surface area (Å²) in [5.41, 5.74) is 3.24. The third-order valence-corrected chi connectivity index (χ3v) is 2.27. The molecule has 0 atom stereocenters. The molecule has 0 aliphatic heterocycles. The van der Waals surface area contributed by atoms with Crippen molar-refractivity contribution >= 4 is 17.5 Å². The minimum atomic E-state index is -0.196. The minimum Gasteiger partial charge on any atom is -1.00 e. The Morgan fingerprint density at radius 2 is 1.82 bits per heavy atom. The van der Waals surface area contributed by atoms with E-state index in [4.69, 9.17) is 11.6 Å². The lowest BCUT2D eigenvalue weighted by Crippen LogP contribution is -3.00. The van der Waals surface area contributed by atoms with Crippen LogP contribution in [0, 0.1) is 0 Å². The maximum atomic E-state index is 11.8. The predicted octanol–water partition coefficient (Wildman–Crippen LogP) is -0.985. The monoisotopic (exact) mass is 268 g/mol. The van der Waals surface area contributed by atoms with E-state index in [1.54, 1.807) is 41.3 Å². The topological polar surface area (TPSA) is 33.0 Å². The van der Waals surface area contributed by atoms with Crippen molar-refractivity contribution in [1.82, 2.24) is 0 Å². The van der Waals surface area contributed by atoms with Crippen LogP contribution in [0.1, 0.15) is 10.4 Å². The lowest BCUT2D eigenvalue weighted by Gasteiger charge is -1.99. The largest absolute Gasteiger partial charge is 1.00 e. The number of amides is 1. The smallest absolute Gasteiger partial charge is 0.305 e. The lowest BCUT2D eigenvalue weighted by atomic mass is 10.2. The van der Waals surface area contributed by atoms with Crippen molar-refractivity contribution in [3.63, 3.8) is 0 Å². The van der Waals surface area contributed by atoms with Crippen molar-refractivity contribution in [2.24, 2.45) is 0 Å². The fourth-order valence-corrected chi connectivity index (χ4v) is 1.48. The maximum absolute atomic E-state index is 11.8. The third-order valence-electron chi connectivity index (χ3n) is 2.03. The van der Waals surface area contributed by atoms with Crippen LogP contribution in [0.25, 0.3) is 0 Å². The molecule has 0 aliphatic carbocycles. The van der Waals surface area contributed by atoms with Crippen molar-refractivity contribution in [2.45, 2.75) is 0 Å². The van der Waals surface area contributed by atoms with Gasteiger partial charge in [-0.25, -0.2) is 0 Å². The molecule has 1 N–H and O–H groups in total. The maximum Gasteiger partial charge on any atom is 0.305 e. The highest BCUT2D eigenvalue weighted by Gasteiger charge is 2.09. The highest BCUT2D eigenvalue weighted by atomic mass is 35.5. The summed E-state index contributed by atoms with van der Waals surface area (Å²) in [5, 5.41) is 0.547. The second-order valence-corrected chi connectivity index (χ2v) is 3.67. The van der Waals surface area contributed by atoms with E-state index in [-0.39, 0.29) is 18.3 Å². The van der Waals surface area contributed by atoms with Crippen molar-refractivity contribution in [3.8, 4) is 0 Å². The van der Waals surface area contributed by atoms with Gasteiger partial charge in [0.25, 0.3) is 0 Å². The second-order valence-electron chi connectivity index (χ2n) is 3.23. The molecule has 2 aromatic rings. The molecule has 0 aliphatic rings. The SMILES string of the molecule is O=C(N[n+]1ccccc1)c1cccc(Cl)c1.[Cl-]. The first kappa shape index (κ1) is 13.5. The Kier molecular flexibility index (Phi) is 4.94. The summed E-state index contributed by atoms with van der Waals surface area (Å²) in [7, 11) is 0.